The Morgan fingerprint density at radius 1 is 0.434 bits per heavy atom. The van der Waals surface area contributed by atoms with Crippen LogP contribution in [0.1, 0.15) is 271 Å². The van der Waals surface area contributed by atoms with E-state index in [1.165, 1.54) is 205 Å². The SMILES string of the molecule is CCCCCCCCCCCCCCCCCCCCCCCC(O)C(CS(=O)(=O)O)NC(=O)CCCCCCCCCCCCCCCCCCC. The summed E-state index contributed by atoms with van der Waals surface area (Å²) >= 11 is 0. The molecule has 0 radical (unpaired) electrons. The van der Waals surface area contributed by atoms with Gasteiger partial charge in [0.05, 0.1) is 17.9 Å². The van der Waals surface area contributed by atoms with Gasteiger partial charge in [0.2, 0.25) is 5.91 Å². The van der Waals surface area contributed by atoms with Gasteiger partial charge in [0, 0.05) is 6.42 Å². The van der Waals surface area contributed by atoms with Crippen molar-refractivity contribution in [2.75, 3.05) is 5.75 Å². The average molecular weight is 772 g/mol. The minimum atomic E-state index is -4.31. The number of unbranched alkanes of at least 4 members (excludes halogenated alkanes) is 36. The molecule has 0 bridgehead atoms. The van der Waals surface area contributed by atoms with Gasteiger partial charge in [-0.05, 0) is 12.8 Å². The van der Waals surface area contributed by atoms with E-state index in [-0.39, 0.29) is 5.91 Å². The zero-order valence-corrected chi connectivity index (χ0v) is 36.5. The van der Waals surface area contributed by atoms with E-state index < -0.39 is 28.0 Å². The normalized spacial score (nSPS) is 13.1. The molecule has 0 spiro atoms. The van der Waals surface area contributed by atoms with Crippen molar-refractivity contribution in [2.45, 2.75) is 283 Å². The largest absolute Gasteiger partial charge is 0.391 e. The van der Waals surface area contributed by atoms with Gasteiger partial charge in [-0.3, -0.25) is 9.35 Å². The molecule has 0 saturated carbocycles. The van der Waals surface area contributed by atoms with E-state index >= 15 is 0 Å². The standard InChI is InChI=1S/C46H93NO5S/c1-3-5-7-9-11-13-15-17-19-21-22-23-24-26-27-29-31-33-35-37-39-41-45(48)44(43-53(50,51)52)47-46(49)42-40-38-36-34-32-30-28-25-20-18-16-14-12-10-8-6-4-2/h44-45,48H,3-43H2,1-2H3,(H,47,49)(H,50,51,52). The number of carbonyl (C=O) groups excluding carboxylic acids is 1. The molecule has 0 aromatic heterocycles. The van der Waals surface area contributed by atoms with Gasteiger partial charge in [0.1, 0.15) is 0 Å². The van der Waals surface area contributed by atoms with Crippen LogP contribution < -0.4 is 5.32 Å². The fraction of sp³-hybridized carbons (Fsp3) is 0.978. The summed E-state index contributed by atoms with van der Waals surface area (Å²) < 4.78 is 32.7. The molecule has 3 N–H and O–H groups in total. The molecular weight excluding hydrogens is 679 g/mol. The maximum atomic E-state index is 12.6. The number of amides is 1. The predicted molar refractivity (Wildman–Crippen MR) is 230 cm³/mol. The molecule has 0 fully saturated rings. The average Bonchev–Trinajstić information content (AvgIpc) is 3.12. The first-order chi connectivity index (χ1) is 25.8. The fourth-order valence-electron chi connectivity index (χ4n) is 7.75. The van der Waals surface area contributed by atoms with Crippen LogP contribution in [0.15, 0.2) is 0 Å². The third-order valence-electron chi connectivity index (χ3n) is 11.3. The lowest BCUT2D eigenvalue weighted by atomic mass is 10.0. The second-order valence-electron chi connectivity index (χ2n) is 16.8. The van der Waals surface area contributed by atoms with Crippen LogP contribution in [-0.4, -0.2) is 41.9 Å². The highest BCUT2D eigenvalue weighted by Crippen LogP contribution is 2.17. The second-order valence-corrected chi connectivity index (χ2v) is 18.3. The number of aliphatic hydroxyl groups is 1. The van der Waals surface area contributed by atoms with E-state index in [2.05, 4.69) is 19.2 Å². The van der Waals surface area contributed by atoms with Crippen LogP contribution in [0.4, 0.5) is 0 Å². The molecule has 0 aromatic rings. The second kappa shape index (κ2) is 41.0. The zero-order chi connectivity index (χ0) is 38.9. The summed E-state index contributed by atoms with van der Waals surface area (Å²) in [6, 6.07) is -0.964. The van der Waals surface area contributed by atoms with Crippen molar-refractivity contribution in [1.82, 2.24) is 5.32 Å². The molecule has 318 valence electrons. The lowest BCUT2D eigenvalue weighted by Crippen LogP contribution is -2.47. The summed E-state index contributed by atoms with van der Waals surface area (Å²) in [6.45, 7) is 4.55. The highest BCUT2D eigenvalue weighted by Gasteiger charge is 2.26. The topological polar surface area (TPSA) is 104 Å². The number of rotatable bonds is 44. The van der Waals surface area contributed by atoms with Gasteiger partial charge in [0.15, 0.2) is 0 Å². The summed E-state index contributed by atoms with van der Waals surface area (Å²) in [5.74, 6) is -0.879. The number of hydrogen-bond acceptors (Lipinski definition) is 4. The molecule has 0 saturated heterocycles. The Hall–Kier alpha value is -0.660. The predicted octanol–water partition coefficient (Wildman–Crippen LogP) is 14.4. The minimum Gasteiger partial charge on any atom is -0.391 e. The molecule has 0 aromatic carbocycles. The molecule has 0 rings (SSSR count). The molecule has 0 aliphatic carbocycles. The number of carbonyl (C=O) groups is 1. The fourth-order valence-corrected chi connectivity index (χ4v) is 8.51. The number of hydrogen-bond donors (Lipinski definition) is 3. The van der Waals surface area contributed by atoms with Gasteiger partial charge in [-0.25, -0.2) is 0 Å². The van der Waals surface area contributed by atoms with Gasteiger partial charge in [0.25, 0.3) is 10.1 Å². The van der Waals surface area contributed by atoms with E-state index in [0.29, 0.717) is 12.8 Å². The molecule has 1 amide bonds. The Morgan fingerprint density at radius 2 is 0.679 bits per heavy atom. The van der Waals surface area contributed by atoms with E-state index in [0.717, 1.165) is 38.5 Å². The lowest BCUT2D eigenvalue weighted by Gasteiger charge is -2.23. The van der Waals surface area contributed by atoms with Crippen molar-refractivity contribution < 1.29 is 22.9 Å². The third-order valence-corrected chi connectivity index (χ3v) is 12.1. The van der Waals surface area contributed by atoms with Gasteiger partial charge < -0.3 is 10.4 Å². The van der Waals surface area contributed by atoms with Crippen LogP contribution in [0.3, 0.4) is 0 Å². The Labute approximate surface area is 331 Å². The summed E-state index contributed by atoms with van der Waals surface area (Å²) in [5.41, 5.74) is 0. The summed E-state index contributed by atoms with van der Waals surface area (Å²) in [5, 5.41) is 13.4. The molecule has 2 unspecified atom stereocenters. The van der Waals surface area contributed by atoms with Crippen molar-refractivity contribution in [3.8, 4) is 0 Å². The first-order valence-electron chi connectivity index (χ1n) is 23.7. The first-order valence-corrected chi connectivity index (χ1v) is 25.3. The van der Waals surface area contributed by atoms with Crippen molar-refractivity contribution in [3.05, 3.63) is 0 Å². The smallest absolute Gasteiger partial charge is 0.266 e. The van der Waals surface area contributed by atoms with Crippen LogP contribution in [0.2, 0.25) is 0 Å². The summed E-state index contributed by atoms with van der Waals surface area (Å²) in [7, 11) is -4.31. The quantitative estimate of drug-likeness (QED) is 0.0423. The van der Waals surface area contributed by atoms with E-state index in [9.17, 15) is 22.9 Å². The van der Waals surface area contributed by atoms with Crippen LogP contribution >= 0.6 is 0 Å². The monoisotopic (exact) mass is 772 g/mol. The lowest BCUT2D eigenvalue weighted by molar-refractivity contribution is -0.122. The number of aliphatic hydroxyl groups excluding tert-OH is 1. The maximum absolute atomic E-state index is 12.6. The molecule has 6 nitrogen and oxygen atoms in total. The number of nitrogens with one attached hydrogen (secondary N) is 1. The molecule has 0 aliphatic rings. The zero-order valence-electron chi connectivity index (χ0n) is 35.7. The highest BCUT2D eigenvalue weighted by molar-refractivity contribution is 7.85. The van der Waals surface area contributed by atoms with Crippen LogP contribution in [0.5, 0.6) is 0 Å². The molecule has 0 heterocycles. The van der Waals surface area contributed by atoms with Crippen LogP contribution in [0, 0.1) is 0 Å². The Kier molecular flexibility index (Phi) is 40.5. The maximum Gasteiger partial charge on any atom is 0.266 e. The highest BCUT2D eigenvalue weighted by atomic mass is 32.2. The minimum absolute atomic E-state index is 0.238. The molecule has 53 heavy (non-hydrogen) atoms. The van der Waals surface area contributed by atoms with Crippen LogP contribution in [0.25, 0.3) is 0 Å². The van der Waals surface area contributed by atoms with Gasteiger partial charge in [-0.2, -0.15) is 8.42 Å². The molecule has 7 heteroatoms. The molecule has 0 aliphatic heterocycles. The molecular formula is C46H93NO5S. The van der Waals surface area contributed by atoms with Crippen molar-refractivity contribution >= 4 is 16.0 Å². The van der Waals surface area contributed by atoms with Gasteiger partial charge in [-0.1, -0.05) is 251 Å². The Bertz CT molecular complexity index is 851. The first kappa shape index (κ1) is 52.3. The van der Waals surface area contributed by atoms with Crippen LogP contribution in [-0.2, 0) is 14.9 Å². The summed E-state index contributed by atoms with van der Waals surface area (Å²) in [4.78, 5) is 12.6. The molecule has 2 atom stereocenters. The Morgan fingerprint density at radius 3 is 0.943 bits per heavy atom. The van der Waals surface area contributed by atoms with E-state index in [1.54, 1.807) is 0 Å². The van der Waals surface area contributed by atoms with Crippen molar-refractivity contribution in [1.29, 1.82) is 0 Å². The van der Waals surface area contributed by atoms with E-state index in [4.69, 9.17) is 0 Å². The van der Waals surface area contributed by atoms with E-state index in [1.807, 2.05) is 0 Å². The van der Waals surface area contributed by atoms with Crippen molar-refractivity contribution in [3.63, 3.8) is 0 Å². The Balaban J connectivity index is 3.74. The third kappa shape index (κ3) is 42.3. The van der Waals surface area contributed by atoms with Gasteiger partial charge >= 0.3 is 0 Å². The summed E-state index contributed by atoms with van der Waals surface area (Å²) in [6.07, 6.45) is 49.2. The van der Waals surface area contributed by atoms with Crippen molar-refractivity contribution in [2.24, 2.45) is 0 Å². The van der Waals surface area contributed by atoms with Gasteiger partial charge in [-0.15, -0.1) is 0 Å².